The smallest absolute Gasteiger partial charge is 0.228 e. The number of carbonyl (C=O) groups excluding carboxylic acids is 1. The number of benzene rings is 1. The van der Waals surface area contributed by atoms with E-state index in [0.717, 1.165) is 35.3 Å². The fraction of sp³-hybridized carbons (Fsp3) is 0.263. The maximum atomic E-state index is 12.8. The van der Waals surface area contributed by atoms with Crippen LogP contribution in [0, 0.1) is 6.92 Å². The van der Waals surface area contributed by atoms with Crippen LogP contribution in [0.1, 0.15) is 42.1 Å². The highest BCUT2D eigenvalue weighted by Gasteiger charge is 2.39. The van der Waals surface area contributed by atoms with Crippen molar-refractivity contribution in [3.63, 3.8) is 0 Å². The molecule has 2 aliphatic rings. The summed E-state index contributed by atoms with van der Waals surface area (Å²) in [5, 5.41) is 4.36. The third-order valence-electron chi connectivity index (χ3n) is 4.83. The van der Waals surface area contributed by atoms with E-state index in [2.05, 4.69) is 15.1 Å². The molecule has 3 aromatic rings. The van der Waals surface area contributed by atoms with Gasteiger partial charge in [-0.2, -0.15) is 5.10 Å². The Morgan fingerprint density at radius 2 is 2.04 bits per heavy atom. The molecule has 0 spiro atoms. The second-order valence-electron chi connectivity index (χ2n) is 6.45. The van der Waals surface area contributed by atoms with Crippen LogP contribution in [0.5, 0.6) is 5.88 Å². The van der Waals surface area contributed by atoms with Crippen molar-refractivity contribution in [2.45, 2.75) is 32.1 Å². The number of ketones is 1. The molecule has 0 saturated carbocycles. The second kappa shape index (κ2) is 5.24. The normalized spacial score (nSPS) is 19.6. The number of hydrogen-bond donors (Lipinski definition) is 0. The lowest BCUT2D eigenvalue weighted by atomic mass is 9.78. The third-order valence-corrected chi connectivity index (χ3v) is 4.83. The van der Waals surface area contributed by atoms with Crippen LogP contribution in [-0.2, 0) is 4.79 Å². The average molecular weight is 332 g/mol. The molecule has 0 radical (unpaired) electrons. The van der Waals surface area contributed by atoms with Gasteiger partial charge in [0.2, 0.25) is 5.88 Å². The van der Waals surface area contributed by atoms with E-state index in [1.165, 1.54) is 0 Å². The molecule has 2 aromatic heterocycles. The zero-order valence-electron chi connectivity index (χ0n) is 13.8. The molecule has 1 aliphatic carbocycles. The summed E-state index contributed by atoms with van der Waals surface area (Å²) < 4.78 is 7.70. The Labute approximate surface area is 144 Å². The van der Waals surface area contributed by atoms with Crippen LogP contribution in [0.3, 0.4) is 0 Å². The SMILES string of the molecule is Cc1nc2c3c(ncn2n1)OC1=C(C(=O)CCC1)[C@H]3c1ccccc1. The van der Waals surface area contributed by atoms with E-state index < -0.39 is 0 Å². The highest BCUT2D eigenvalue weighted by atomic mass is 16.5. The van der Waals surface area contributed by atoms with Crippen molar-refractivity contribution in [2.75, 3.05) is 0 Å². The number of ether oxygens (including phenoxy) is 1. The summed E-state index contributed by atoms with van der Waals surface area (Å²) in [5.41, 5.74) is 3.32. The fourth-order valence-corrected chi connectivity index (χ4v) is 3.80. The van der Waals surface area contributed by atoms with E-state index in [1.54, 1.807) is 10.8 Å². The number of hydrogen-bond acceptors (Lipinski definition) is 5. The van der Waals surface area contributed by atoms with E-state index in [0.29, 0.717) is 23.8 Å². The van der Waals surface area contributed by atoms with Crippen molar-refractivity contribution < 1.29 is 9.53 Å². The van der Waals surface area contributed by atoms with Gasteiger partial charge >= 0.3 is 0 Å². The molecule has 6 nitrogen and oxygen atoms in total. The van der Waals surface area contributed by atoms with Crippen molar-refractivity contribution in [3.05, 3.63) is 64.9 Å². The summed E-state index contributed by atoms with van der Waals surface area (Å²) >= 11 is 0. The van der Waals surface area contributed by atoms with Gasteiger partial charge < -0.3 is 4.74 Å². The Hall–Kier alpha value is -3.02. The highest BCUT2D eigenvalue weighted by Crippen LogP contribution is 2.46. The standard InChI is InChI=1S/C19H16N4O2/c1-11-21-18-17-15(12-6-3-2-4-7-12)16-13(24)8-5-9-14(16)25-19(17)20-10-23(18)22-11/h2-4,6-7,10,15H,5,8-9H2,1H3/t15-/m1/s1. The topological polar surface area (TPSA) is 69.4 Å². The van der Waals surface area contributed by atoms with Gasteiger partial charge in [0.15, 0.2) is 11.4 Å². The van der Waals surface area contributed by atoms with Crippen molar-refractivity contribution in [3.8, 4) is 5.88 Å². The van der Waals surface area contributed by atoms with E-state index >= 15 is 0 Å². The minimum atomic E-state index is -0.215. The summed E-state index contributed by atoms with van der Waals surface area (Å²) in [7, 11) is 0. The van der Waals surface area contributed by atoms with Crippen molar-refractivity contribution in [1.29, 1.82) is 0 Å². The van der Waals surface area contributed by atoms with Gasteiger partial charge in [-0.3, -0.25) is 4.79 Å². The van der Waals surface area contributed by atoms with Gasteiger partial charge in [0.25, 0.3) is 0 Å². The van der Waals surface area contributed by atoms with Crippen LogP contribution in [0.2, 0.25) is 0 Å². The number of nitrogens with zero attached hydrogens (tertiary/aromatic N) is 4. The summed E-state index contributed by atoms with van der Waals surface area (Å²) in [6.45, 7) is 1.84. The van der Waals surface area contributed by atoms with Crippen LogP contribution in [0.25, 0.3) is 5.65 Å². The van der Waals surface area contributed by atoms with E-state index in [4.69, 9.17) is 4.74 Å². The lowest BCUT2D eigenvalue weighted by Gasteiger charge is -2.31. The molecule has 0 bridgehead atoms. The summed E-state index contributed by atoms with van der Waals surface area (Å²) in [6, 6.07) is 10.0. The Bertz CT molecular complexity index is 1040. The molecule has 1 atom stereocenters. The van der Waals surface area contributed by atoms with Gasteiger partial charge in [0, 0.05) is 24.3 Å². The van der Waals surface area contributed by atoms with E-state index in [-0.39, 0.29) is 11.7 Å². The molecule has 5 rings (SSSR count). The number of fused-ring (bicyclic) bond motifs is 3. The van der Waals surface area contributed by atoms with Crippen LogP contribution in [0.15, 0.2) is 48.0 Å². The molecule has 6 heteroatoms. The molecular formula is C19H16N4O2. The number of aryl methyl sites for hydroxylation is 1. The van der Waals surface area contributed by atoms with Gasteiger partial charge in [0.05, 0.1) is 5.56 Å². The van der Waals surface area contributed by atoms with Crippen molar-refractivity contribution >= 4 is 11.4 Å². The number of aromatic nitrogens is 4. The number of carbonyl (C=O) groups is 1. The second-order valence-corrected chi connectivity index (χ2v) is 6.45. The van der Waals surface area contributed by atoms with Crippen molar-refractivity contribution in [1.82, 2.24) is 19.6 Å². The summed E-state index contributed by atoms with van der Waals surface area (Å²) in [6.07, 6.45) is 3.76. The van der Waals surface area contributed by atoms with Crippen LogP contribution < -0.4 is 4.74 Å². The lowest BCUT2D eigenvalue weighted by Crippen LogP contribution is -2.26. The van der Waals surface area contributed by atoms with E-state index in [1.807, 2.05) is 37.3 Å². The zero-order chi connectivity index (χ0) is 17.0. The molecule has 0 N–H and O–H groups in total. The first kappa shape index (κ1) is 14.3. The summed E-state index contributed by atoms with van der Waals surface area (Å²) in [4.78, 5) is 21.8. The van der Waals surface area contributed by atoms with Gasteiger partial charge in [-0.1, -0.05) is 30.3 Å². The van der Waals surface area contributed by atoms with Crippen molar-refractivity contribution in [2.24, 2.45) is 0 Å². The Balaban J connectivity index is 1.84. The molecule has 1 aliphatic heterocycles. The first-order valence-corrected chi connectivity index (χ1v) is 8.43. The molecule has 124 valence electrons. The predicted molar refractivity (Wildman–Crippen MR) is 90.3 cm³/mol. The maximum absolute atomic E-state index is 12.8. The Morgan fingerprint density at radius 1 is 1.20 bits per heavy atom. The molecular weight excluding hydrogens is 316 g/mol. The first-order chi connectivity index (χ1) is 12.2. The Kier molecular flexibility index (Phi) is 3.00. The molecule has 1 aromatic carbocycles. The minimum Gasteiger partial charge on any atom is -0.442 e. The highest BCUT2D eigenvalue weighted by molar-refractivity contribution is 6.00. The molecule has 0 saturated heterocycles. The molecule has 0 fully saturated rings. The van der Waals surface area contributed by atoms with Gasteiger partial charge in [0.1, 0.15) is 17.9 Å². The number of allylic oxidation sites excluding steroid dienone is 2. The lowest BCUT2D eigenvalue weighted by molar-refractivity contribution is -0.116. The van der Waals surface area contributed by atoms with E-state index in [9.17, 15) is 4.79 Å². The molecule has 3 heterocycles. The maximum Gasteiger partial charge on any atom is 0.228 e. The van der Waals surface area contributed by atoms with Gasteiger partial charge in [-0.05, 0) is 18.9 Å². The average Bonchev–Trinajstić information content (AvgIpc) is 3.01. The molecule has 25 heavy (non-hydrogen) atoms. The molecule has 0 unspecified atom stereocenters. The van der Waals surface area contributed by atoms with Crippen LogP contribution in [-0.4, -0.2) is 25.4 Å². The largest absolute Gasteiger partial charge is 0.442 e. The zero-order valence-corrected chi connectivity index (χ0v) is 13.8. The van der Waals surface area contributed by atoms with Gasteiger partial charge in [-0.25, -0.2) is 14.5 Å². The number of rotatable bonds is 1. The first-order valence-electron chi connectivity index (χ1n) is 8.43. The predicted octanol–water partition coefficient (Wildman–Crippen LogP) is 2.96. The Morgan fingerprint density at radius 3 is 2.88 bits per heavy atom. The third kappa shape index (κ3) is 2.10. The fourth-order valence-electron chi connectivity index (χ4n) is 3.80. The quantitative estimate of drug-likeness (QED) is 0.685. The summed E-state index contributed by atoms with van der Waals surface area (Å²) in [5.74, 6) is 1.89. The van der Waals surface area contributed by atoms with Crippen LogP contribution >= 0.6 is 0 Å². The monoisotopic (exact) mass is 332 g/mol. The minimum absolute atomic E-state index is 0.152. The van der Waals surface area contributed by atoms with Crippen LogP contribution in [0.4, 0.5) is 0 Å². The van der Waals surface area contributed by atoms with Gasteiger partial charge in [-0.15, -0.1) is 0 Å². The number of Topliss-reactive ketones (excluding diaryl/α,β-unsaturated/α-hetero) is 1. The molecule has 0 amide bonds.